The third kappa shape index (κ3) is 2.13. The van der Waals surface area contributed by atoms with E-state index < -0.39 is 0 Å². The van der Waals surface area contributed by atoms with Gasteiger partial charge in [0.2, 0.25) is 5.88 Å². The zero-order valence-corrected chi connectivity index (χ0v) is 17.1. The van der Waals surface area contributed by atoms with Gasteiger partial charge < -0.3 is 14.5 Å². The number of hydrogen-bond donors (Lipinski definition) is 0. The van der Waals surface area contributed by atoms with Crippen LogP contribution in [0.2, 0.25) is 0 Å². The summed E-state index contributed by atoms with van der Waals surface area (Å²) in [7, 11) is 0. The van der Waals surface area contributed by atoms with Gasteiger partial charge in [-0.2, -0.15) is 0 Å². The van der Waals surface area contributed by atoms with Gasteiger partial charge in [0.1, 0.15) is 6.17 Å². The lowest BCUT2D eigenvalue weighted by atomic mass is 9.83. The molecule has 5 heterocycles. The van der Waals surface area contributed by atoms with Gasteiger partial charge in [-0.1, -0.05) is 12.1 Å². The quantitative estimate of drug-likeness (QED) is 0.687. The summed E-state index contributed by atoms with van der Waals surface area (Å²) in [5.74, 6) is 1.58. The topological polar surface area (TPSA) is 41.0 Å². The first-order valence-electron chi connectivity index (χ1n) is 10.6. The first-order chi connectivity index (χ1) is 13.4. The smallest absolute Gasteiger partial charge is 0.219 e. The molecule has 4 atom stereocenters. The molecule has 0 amide bonds. The highest BCUT2D eigenvalue weighted by Crippen LogP contribution is 2.52. The van der Waals surface area contributed by atoms with E-state index in [0.717, 1.165) is 37.4 Å². The van der Waals surface area contributed by atoms with Gasteiger partial charge in [0, 0.05) is 40.0 Å². The second kappa shape index (κ2) is 5.40. The number of nitrogens with zero attached hydrogens (tertiary/aromatic N) is 4. The van der Waals surface area contributed by atoms with E-state index in [1.54, 1.807) is 0 Å². The molecule has 28 heavy (non-hydrogen) atoms. The number of rotatable bonds is 0. The predicted molar refractivity (Wildman–Crippen MR) is 109 cm³/mol. The molecule has 0 aromatic carbocycles. The highest BCUT2D eigenvalue weighted by atomic mass is 16.5. The molecule has 0 spiro atoms. The van der Waals surface area contributed by atoms with E-state index in [1.807, 2.05) is 6.92 Å². The number of pyridine rings is 1. The Morgan fingerprint density at radius 2 is 2.04 bits per heavy atom. The average molecular weight is 377 g/mol. The Bertz CT molecular complexity index is 954. The number of aliphatic imine (C=N–C) groups is 1. The minimum absolute atomic E-state index is 0.0801. The average Bonchev–Trinajstić information content (AvgIpc) is 3.26. The van der Waals surface area contributed by atoms with E-state index in [1.165, 1.54) is 22.7 Å². The maximum Gasteiger partial charge on any atom is 0.219 e. The molecule has 4 aliphatic heterocycles. The summed E-state index contributed by atoms with van der Waals surface area (Å²) in [5.41, 5.74) is 6.61. The second-order valence-corrected chi connectivity index (χ2v) is 9.78. The molecule has 0 N–H and O–H groups in total. The third-order valence-corrected chi connectivity index (χ3v) is 6.96. The van der Waals surface area contributed by atoms with Crippen molar-refractivity contribution < 1.29 is 4.74 Å². The molecule has 4 unspecified atom stereocenters. The Labute approximate surface area is 166 Å². The summed E-state index contributed by atoms with van der Waals surface area (Å²) in [5, 5.41) is 0. The lowest BCUT2D eigenvalue weighted by molar-refractivity contribution is 0.0595. The lowest BCUT2D eigenvalue weighted by Gasteiger charge is -2.43. The molecule has 1 saturated heterocycles. The van der Waals surface area contributed by atoms with E-state index in [0.29, 0.717) is 18.0 Å². The Kier molecular flexibility index (Phi) is 3.21. The second-order valence-electron chi connectivity index (χ2n) is 9.78. The van der Waals surface area contributed by atoms with Gasteiger partial charge in [-0.3, -0.25) is 0 Å². The fourth-order valence-electron chi connectivity index (χ4n) is 5.86. The van der Waals surface area contributed by atoms with Crippen molar-refractivity contribution in [3.05, 3.63) is 46.9 Å². The van der Waals surface area contributed by atoms with Crippen molar-refractivity contribution in [2.45, 2.75) is 70.8 Å². The molecule has 1 fully saturated rings. The molecule has 1 aromatic rings. The van der Waals surface area contributed by atoms with E-state index in [2.05, 4.69) is 59.8 Å². The molecule has 1 aromatic heterocycles. The van der Waals surface area contributed by atoms with Crippen molar-refractivity contribution in [3.63, 3.8) is 0 Å². The van der Waals surface area contributed by atoms with E-state index >= 15 is 0 Å². The van der Waals surface area contributed by atoms with Gasteiger partial charge in [0.05, 0.1) is 12.2 Å². The SMILES string of the molecule is Cc1ccc2c(n1)OC1N=C3CN4C5=C(C=CCC5)N(C(C)(C)C)C4C3CC21. The molecule has 1 aliphatic carbocycles. The summed E-state index contributed by atoms with van der Waals surface area (Å²) < 4.78 is 6.17. The fourth-order valence-corrected chi connectivity index (χ4v) is 5.86. The van der Waals surface area contributed by atoms with Crippen LogP contribution >= 0.6 is 0 Å². The molecule has 0 radical (unpaired) electrons. The maximum atomic E-state index is 6.17. The van der Waals surface area contributed by atoms with Gasteiger partial charge in [-0.15, -0.1) is 0 Å². The summed E-state index contributed by atoms with van der Waals surface area (Å²) in [4.78, 5) is 15.1. The monoisotopic (exact) mass is 376 g/mol. The van der Waals surface area contributed by atoms with Gasteiger partial charge in [-0.25, -0.2) is 9.98 Å². The van der Waals surface area contributed by atoms with E-state index in [-0.39, 0.29) is 11.8 Å². The number of ether oxygens (including phenoxy) is 1. The maximum absolute atomic E-state index is 6.17. The van der Waals surface area contributed by atoms with Crippen molar-refractivity contribution in [3.8, 4) is 5.88 Å². The lowest BCUT2D eigenvalue weighted by Crippen LogP contribution is -2.50. The van der Waals surface area contributed by atoms with E-state index in [9.17, 15) is 0 Å². The van der Waals surface area contributed by atoms with Gasteiger partial charge in [-0.05, 0) is 59.1 Å². The minimum Gasteiger partial charge on any atom is -0.451 e. The van der Waals surface area contributed by atoms with Crippen LogP contribution in [-0.4, -0.2) is 45.0 Å². The first-order valence-corrected chi connectivity index (χ1v) is 10.6. The molecule has 146 valence electrons. The van der Waals surface area contributed by atoms with Crippen LogP contribution in [0.15, 0.2) is 40.7 Å². The zero-order chi connectivity index (χ0) is 19.2. The van der Waals surface area contributed by atoms with Crippen LogP contribution in [0.25, 0.3) is 0 Å². The van der Waals surface area contributed by atoms with Crippen molar-refractivity contribution >= 4 is 5.71 Å². The van der Waals surface area contributed by atoms with Crippen LogP contribution in [0.4, 0.5) is 0 Å². The minimum atomic E-state index is -0.0848. The number of fused-ring (bicyclic) bond motifs is 7. The highest BCUT2D eigenvalue weighted by molar-refractivity contribution is 5.93. The standard InChI is InChI=1S/C23H28N4O/c1-13-9-10-14-15-11-16-17(25-21(15)28-20(14)24-13)12-26-18-7-5-6-8-19(18)27(22(16)26)23(2,3)4/h6,8-10,15-16,21-22H,5,7,11-12H2,1-4H3. The fraction of sp³-hybridized carbons (Fsp3) is 0.565. The summed E-state index contributed by atoms with van der Waals surface area (Å²) >= 11 is 0. The number of allylic oxidation sites excluding steroid dienone is 3. The number of hydrogen-bond acceptors (Lipinski definition) is 5. The van der Waals surface area contributed by atoms with Crippen LogP contribution in [-0.2, 0) is 0 Å². The summed E-state index contributed by atoms with van der Waals surface area (Å²) in [6.45, 7) is 9.98. The van der Waals surface area contributed by atoms with Gasteiger partial charge in [0.25, 0.3) is 0 Å². The number of aromatic nitrogens is 1. The van der Waals surface area contributed by atoms with Crippen LogP contribution in [0.1, 0.15) is 57.2 Å². The molecule has 0 saturated carbocycles. The molecule has 5 nitrogen and oxygen atoms in total. The molecule has 6 rings (SSSR count). The predicted octanol–water partition coefficient (Wildman–Crippen LogP) is 3.97. The van der Waals surface area contributed by atoms with Crippen molar-refractivity contribution in [1.29, 1.82) is 0 Å². The van der Waals surface area contributed by atoms with Crippen LogP contribution in [0.5, 0.6) is 5.88 Å². The Morgan fingerprint density at radius 3 is 2.86 bits per heavy atom. The molecule has 5 heteroatoms. The normalized spacial score (nSPS) is 32.5. The largest absolute Gasteiger partial charge is 0.451 e. The van der Waals surface area contributed by atoms with E-state index in [4.69, 9.17) is 9.73 Å². The van der Waals surface area contributed by atoms with Crippen LogP contribution in [0, 0.1) is 12.8 Å². The Morgan fingerprint density at radius 1 is 1.18 bits per heavy atom. The van der Waals surface area contributed by atoms with Crippen molar-refractivity contribution in [2.24, 2.45) is 10.9 Å². The molecular formula is C23H28N4O. The molecular weight excluding hydrogens is 348 g/mol. The Balaban J connectivity index is 1.40. The van der Waals surface area contributed by atoms with Gasteiger partial charge >= 0.3 is 0 Å². The van der Waals surface area contributed by atoms with Crippen LogP contribution < -0.4 is 4.74 Å². The van der Waals surface area contributed by atoms with Crippen LogP contribution in [0.3, 0.4) is 0 Å². The molecule has 0 bridgehead atoms. The summed E-state index contributed by atoms with van der Waals surface area (Å²) in [6.07, 6.45) is 8.37. The molecule has 5 aliphatic rings. The summed E-state index contributed by atoms with van der Waals surface area (Å²) in [6, 6.07) is 4.31. The van der Waals surface area contributed by atoms with Crippen molar-refractivity contribution in [1.82, 2.24) is 14.8 Å². The first kappa shape index (κ1) is 16.6. The highest BCUT2D eigenvalue weighted by Gasteiger charge is 2.55. The third-order valence-electron chi connectivity index (χ3n) is 6.96. The zero-order valence-electron chi connectivity index (χ0n) is 17.1. The Hall–Kier alpha value is -2.30. The van der Waals surface area contributed by atoms with Gasteiger partial charge in [0.15, 0.2) is 6.23 Å². The number of aryl methyl sites for hydroxylation is 1. The van der Waals surface area contributed by atoms with Crippen molar-refractivity contribution in [2.75, 3.05) is 6.54 Å².